The Bertz CT molecular complexity index is 126. The first-order valence-corrected chi connectivity index (χ1v) is 4.67. The van der Waals surface area contributed by atoms with Crippen LogP contribution in [0.4, 0.5) is 4.79 Å². The van der Waals surface area contributed by atoms with Gasteiger partial charge in [-0.05, 0) is 20.3 Å². The van der Waals surface area contributed by atoms with E-state index in [2.05, 4.69) is 6.92 Å². The fourth-order valence-corrected chi connectivity index (χ4v) is 0.942. The van der Waals surface area contributed by atoms with E-state index >= 15 is 0 Å². The summed E-state index contributed by atoms with van der Waals surface area (Å²) in [6.45, 7) is 7.91. The lowest BCUT2D eigenvalue weighted by Gasteiger charge is -2.19. The molecule has 0 saturated heterocycles. The van der Waals surface area contributed by atoms with Gasteiger partial charge in [-0.1, -0.05) is 13.3 Å². The highest BCUT2D eigenvalue weighted by molar-refractivity contribution is 5.67. The van der Waals surface area contributed by atoms with Crippen LogP contribution in [0.25, 0.3) is 0 Å². The average molecular weight is 173 g/mol. The highest BCUT2D eigenvalue weighted by Crippen LogP contribution is 1.97. The number of rotatable bonds is 5. The Kier molecular flexibility index (Phi) is 6.53. The fraction of sp³-hybridized carbons (Fsp3) is 0.889. The van der Waals surface area contributed by atoms with Gasteiger partial charge >= 0.3 is 6.09 Å². The standard InChI is InChI=1S/C9H19NO2/c1-4-7-8-10(5-2)9(11)12-6-3/h4-8H2,1-3H3. The van der Waals surface area contributed by atoms with Gasteiger partial charge in [-0.25, -0.2) is 4.79 Å². The van der Waals surface area contributed by atoms with Gasteiger partial charge in [-0.3, -0.25) is 0 Å². The summed E-state index contributed by atoms with van der Waals surface area (Å²) in [4.78, 5) is 12.9. The van der Waals surface area contributed by atoms with Crippen molar-refractivity contribution in [3.05, 3.63) is 0 Å². The van der Waals surface area contributed by atoms with Crippen LogP contribution in [0, 0.1) is 0 Å². The van der Waals surface area contributed by atoms with E-state index in [0.29, 0.717) is 6.61 Å². The SMILES string of the molecule is CCCCN(CC)C(=O)OCC. The quantitative estimate of drug-likeness (QED) is 0.638. The highest BCUT2D eigenvalue weighted by Gasteiger charge is 2.10. The molecule has 0 fully saturated rings. The van der Waals surface area contributed by atoms with Crippen LogP contribution in [0.1, 0.15) is 33.6 Å². The summed E-state index contributed by atoms with van der Waals surface area (Å²) in [5, 5.41) is 0. The van der Waals surface area contributed by atoms with Crippen molar-refractivity contribution >= 4 is 6.09 Å². The second kappa shape index (κ2) is 6.95. The van der Waals surface area contributed by atoms with Crippen molar-refractivity contribution in [2.45, 2.75) is 33.6 Å². The van der Waals surface area contributed by atoms with Crippen LogP contribution >= 0.6 is 0 Å². The van der Waals surface area contributed by atoms with Gasteiger partial charge in [-0.2, -0.15) is 0 Å². The molecule has 0 aromatic carbocycles. The summed E-state index contributed by atoms with van der Waals surface area (Å²) in [7, 11) is 0. The van der Waals surface area contributed by atoms with Crippen LogP contribution in [0.15, 0.2) is 0 Å². The van der Waals surface area contributed by atoms with Crippen LogP contribution in [0.5, 0.6) is 0 Å². The van der Waals surface area contributed by atoms with E-state index in [1.54, 1.807) is 4.90 Å². The first-order chi connectivity index (χ1) is 5.76. The zero-order chi connectivity index (χ0) is 9.40. The third-order valence-corrected chi connectivity index (χ3v) is 1.69. The molecule has 0 saturated carbocycles. The zero-order valence-corrected chi connectivity index (χ0v) is 8.30. The molecule has 0 aliphatic carbocycles. The van der Waals surface area contributed by atoms with Crippen LogP contribution in [-0.2, 0) is 4.74 Å². The predicted molar refractivity (Wildman–Crippen MR) is 49.2 cm³/mol. The van der Waals surface area contributed by atoms with Crippen molar-refractivity contribution in [1.82, 2.24) is 4.90 Å². The molecule has 1 amide bonds. The topological polar surface area (TPSA) is 29.5 Å². The van der Waals surface area contributed by atoms with Crippen molar-refractivity contribution in [3.8, 4) is 0 Å². The Morgan fingerprint density at radius 1 is 1.33 bits per heavy atom. The van der Waals surface area contributed by atoms with E-state index in [1.807, 2.05) is 13.8 Å². The van der Waals surface area contributed by atoms with Gasteiger partial charge < -0.3 is 9.64 Å². The number of hydrogen-bond acceptors (Lipinski definition) is 2. The van der Waals surface area contributed by atoms with Crippen molar-refractivity contribution in [2.75, 3.05) is 19.7 Å². The minimum absolute atomic E-state index is 0.187. The minimum atomic E-state index is -0.187. The summed E-state index contributed by atoms with van der Waals surface area (Å²) in [5.74, 6) is 0. The summed E-state index contributed by atoms with van der Waals surface area (Å²) in [6, 6.07) is 0. The van der Waals surface area contributed by atoms with Crippen LogP contribution < -0.4 is 0 Å². The molecule has 0 aliphatic rings. The monoisotopic (exact) mass is 173 g/mol. The summed E-state index contributed by atoms with van der Waals surface area (Å²) < 4.78 is 4.88. The summed E-state index contributed by atoms with van der Waals surface area (Å²) in [5.41, 5.74) is 0. The molecule has 0 aliphatic heterocycles. The van der Waals surface area contributed by atoms with Crippen LogP contribution in [-0.4, -0.2) is 30.7 Å². The number of nitrogens with zero attached hydrogens (tertiary/aromatic N) is 1. The maximum atomic E-state index is 11.2. The normalized spacial score (nSPS) is 9.58. The summed E-state index contributed by atoms with van der Waals surface area (Å²) in [6.07, 6.45) is 1.97. The van der Waals surface area contributed by atoms with Crippen molar-refractivity contribution in [1.29, 1.82) is 0 Å². The highest BCUT2D eigenvalue weighted by atomic mass is 16.6. The maximum absolute atomic E-state index is 11.2. The van der Waals surface area contributed by atoms with Crippen molar-refractivity contribution in [2.24, 2.45) is 0 Å². The molecule has 0 radical (unpaired) electrons. The molecule has 0 unspecified atom stereocenters. The molecule has 0 N–H and O–H groups in total. The Morgan fingerprint density at radius 2 is 2.00 bits per heavy atom. The molecular formula is C9H19NO2. The first-order valence-electron chi connectivity index (χ1n) is 4.67. The lowest BCUT2D eigenvalue weighted by molar-refractivity contribution is 0.108. The van der Waals surface area contributed by atoms with Gasteiger partial charge in [0.25, 0.3) is 0 Å². The average Bonchev–Trinajstić information content (AvgIpc) is 2.06. The van der Waals surface area contributed by atoms with E-state index in [1.165, 1.54) is 0 Å². The molecule has 12 heavy (non-hydrogen) atoms. The molecule has 72 valence electrons. The maximum Gasteiger partial charge on any atom is 0.409 e. The van der Waals surface area contributed by atoms with Gasteiger partial charge in [0, 0.05) is 13.1 Å². The third kappa shape index (κ3) is 4.21. The van der Waals surface area contributed by atoms with Gasteiger partial charge in [0.15, 0.2) is 0 Å². The number of unbranched alkanes of at least 4 members (excludes halogenated alkanes) is 1. The molecule has 3 nitrogen and oxygen atoms in total. The Hall–Kier alpha value is -0.730. The van der Waals surface area contributed by atoms with E-state index in [4.69, 9.17) is 4.74 Å². The van der Waals surface area contributed by atoms with E-state index in [9.17, 15) is 4.79 Å². The minimum Gasteiger partial charge on any atom is -0.450 e. The lowest BCUT2D eigenvalue weighted by Crippen LogP contribution is -2.32. The fourth-order valence-electron chi connectivity index (χ4n) is 0.942. The van der Waals surface area contributed by atoms with E-state index < -0.39 is 0 Å². The van der Waals surface area contributed by atoms with Gasteiger partial charge in [0.2, 0.25) is 0 Å². The Balaban J connectivity index is 3.71. The predicted octanol–water partition coefficient (Wildman–Crippen LogP) is 2.26. The molecule has 0 bridgehead atoms. The summed E-state index contributed by atoms with van der Waals surface area (Å²) >= 11 is 0. The smallest absolute Gasteiger partial charge is 0.409 e. The van der Waals surface area contributed by atoms with Crippen LogP contribution in [0.2, 0.25) is 0 Å². The molecule has 0 aromatic rings. The number of hydrogen-bond donors (Lipinski definition) is 0. The number of amides is 1. The van der Waals surface area contributed by atoms with E-state index in [0.717, 1.165) is 25.9 Å². The van der Waals surface area contributed by atoms with Gasteiger partial charge in [0.05, 0.1) is 6.61 Å². The second-order valence-corrected chi connectivity index (χ2v) is 2.63. The van der Waals surface area contributed by atoms with Crippen LogP contribution in [0.3, 0.4) is 0 Å². The Morgan fingerprint density at radius 3 is 2.42 bits per heavy atom. The van der Waals surface area contributed by atoms with E-state index in [-0.39, 0.29) is 6.09 Å². The molecular weight excluding hydrogens is 154 g/mol. The largest absolute Gasteiger partial charge is 0.450 e. The molecule has 0 rings (SSSR count). The molecule has 0 aromatic heterocycles. The number of carbonyl (C=O) groups excluding carboxylic acids is 1. The number of ether oxygens (including phenoxy) is 1. The molecule has 0 heterocycles. The molecule has 0 spiro atoms. The van der Waals surface area contributed by atoms with Gasteiger partial charge in [-0.15, -0.1) is 0 Å². The first kappa shape index (κ1) is 11.3. The zero-order valence-electron chi connectivity index (χ0n) is 8.30. The van der Waals surface area contributed by atoms with Crippen molar-refractivity contribution in [3.63, 3.8) is 0 Å². The van der Waals surface area contributed by atoms with Gasteiger partial charge in [0.1, 0.15) is 0 Å². The molecule has 3 heteroatoms. The number of carbonyl (C=O) groups is 1. The third-order valence-electron chi connectivity index (χ3n) is 1.69. The Labute approximate surface area is 74.7 Å². The second-order valence-electron chi connectivity index (χ2n) is 2.63. The van der Waals surface area contributed by atoms with Crippen molar-refractivity contribution < 1.29 is 9.53 Å². The molecule has 0 atom stereocenters. The lowest BCUT2D eigenvalue weighted by atomic mass is 10.3.